The van der Waals surface area contributed by atoms with Crippen LogP contribution in [-0.2, 0) is 6.42 Å². The van der Waals surface area contributed by atoms with Crippen molar-refractivity contribution in [2.45, 2.75) is 19.3 Å². The summed E-state index contributed by atoms with van der Waals surface area (Å²) in [4.78, 5) is 2.28. The van der Waals surface area contributed by atoms with E-state index >= 15 is 0 Å². The Morgan fingerprint density at radius 2 is 2.29 bits per heavy atom. The van der Waals surface area contributed by atoms with Crippen molar-refractivity contribution in [1.29, 1.82) is 0 Å². The van der Waals surface area contributed by atoms with Gasteiger partial charge in [-0.3, -0.25) is 0 Å². The van der Waals surface area contributed by atoms with Crippen molar-refractivity contribution in [3.05, 3.63) is 29.3 Å². The van der Waals surface area contributed by atoms with Crippen molar-refractivity contribution in [3.63, 3.8) is 0 Å². The molecule has 1 aromatic carbocycles. The molecule has 0 spiro atoms. The summed E-state index contributed by atoms with van der Waals surface area (Å²) in [5.41, 5.74) is 4.08. The molecule has 0 saturated carbocycles. The van der Waals surface area contributed by atoms with E-state index < -0.39 is 0 Å². The van der Waals surface area contributed by atoms with Gasteiger partial charge in [-0.15, -0.1) is 0 Å². The maximum absolute atomic E-state index is 9.17. The third kappa shape index (κ3) is 1.40. The van der Waals surface area contributed by atoms with Gasteiger partial charge >= 0.3 is 0 Å². The molecule has 1 unspecified atom stereocenters. The Kier molecular flexibility index (Phi) is 2.46. The van der Waals surface area contributed by atoms with Crippen LogP contribution >= 0.6 is 0 Å². The van der Waals surface area contributed by atoms with Crippen molar-refractivity contribution >= 4 is 5.69 Å². The first-order valence-electron chi connectivity index (χ1n) is 5.18. The van der Waals surface area contributed by atoms with Gasteiger partial charge < -0.3 is 10.0 Å². The van der Waals surface area contributed by atoms with Crippen molar-refractivity contribution in [2.24, 2.45) is 0 Å². The Hall–Kier alpha value is -1.02. The fourth-order valence-corrected chi connectivity index (χ4v) is 2.18. The Morgan fingerprint density at radius 1 is 1.50 bits per heavy atom. The van der Waals surface area contributed by atoms with Crippen LogP contribution in [0.4, 0.5) is 5.69 Å². The number of rotatable bonds is 2. The van der Waals surface area contributed by atoms with E-state index in [2.05, 4.69) is 37.1 Å². The summed E-state index contributed by atoms with van der Waals surface area (Å²) in [5, 5.41) is 9.17. The molecule has 1 N–H and O–H groups in total. The van der Waals surface area contributed by atoms with Gasteiger partial charge in [0.1, 0.15) is 0 Å². The summed E-state index contributed by atoms with van der Waals surface area (Å²) in [5.74, 6) is 0.261. The summed E-state index contributed by atoms with van der Waals surface area (Å²) in [6, 6.07) is 6.39. The van der Waals surface area contributed by atoms with Gasteiger partial charge in [0.15, 0.2) is 0 Å². The highest BCUT2D eigenvalue weighted by Gasteiger charge is 2.20. The molecule has 0 aliphatic carbocycles. The Labute approximate surface area is 85.2 Å². The van der Waals surface area contributed by atoms with E-state index in [1.807, 2.05) is 0 Å². The minimum absolute atomic E-state index is 0.236. The maximum atomic E-state index is 9.17. The minimum Gasteiger partial charge on any atom is -0.396 e. The molecule has 0 amide bonds. The second kappa shape index (κ2) is 3.62. The van der Waals surface area contributed by atoms with Gasteiger partial charge in [0.05, 0.1) is 0 Å². The van der Waals surface area contributed by atoms with E-state index in [4.69, 9.17) is 0 Å². The van der Waals surface area contributed by atoms with Gasteiger partial charge in [-0.25, -0.2) is 0 Å². The number of anilines is 1. The normalized spacial score (nSPS) is 16.9. The molecule has 2 rings (SSSR count). The average Bonchev–Trinajstić information content (AvgIpc) is 2.59. The van der Waals surface area contributed by atoms with Crippen molar-refractivity contribution in [1.82, 2.24) is 0 Å². The number of fused-ring (bicyclic) bond motifs is 1. The van der Waals surface area contributed by atoms with E-state index in [0.29, 0.717) is 0 Å². The summed E-state index contributed by atoms with van der Waals surface area (Å²) in [6.45, 7) is 3.42. The lowest BCUT2D eigenvalue weighted by atomic mass is 9.95. The lowest BCUT2D eigenvalue weighted by Crippen LogP contribution is -2.12. The molecule has 0 bridgehead atoms. The molecular formula is C12H17NO. The van der Waals surface area contributed by atoms with E-state index in [9.17, 15) is 5.11 Å². The molecule has 2 nitrogen and oxygen atoms in total. The second-order valence-electron chi connectivity index (χ2n) is 4.10. The second-order valence-corrected chi connectivity index (χ2v) is 4.10. The van der Waals surface area contributed by atoms with Crippen LogP contribution < -0.4 is 4.90 Å². The number of likely N-dealkylation sites (N-methyl/N-ethyl adjacent to an activating group) is 1. The molecule has 1 aliphatic heterocycles. The van der Waals surface area contributed by atoms with Gasteiger partial charge in [0.25, 0.3) is 0 Å². The average molecular weight is 191 g/mol. The molecule has 14 heavy (non-hydrogen) atoms. The van der Waals surface area contributed by atoms with E-state index in [0.717, 1.165) is 13.0 Å². The van der Waals surface area contributed by atoms with Gasteiger partial charge in [-0.05, 0) is 23.6 Å². The molecule has 1 aliphatic rings. The molecule has 76 valence electrons. The first kappa shape index (κ1) is 9.53. The van der Waals surface area contributed by atoms with Gasteiger partial charge in [0.2, 0.25) is 0 Å². The van der Waals surface area contributed by atoms with Crippen LogP contribution in [0.25, 0.3) is 0 Å². The number of aliphatic hydroxyl groups excluding tert-OH is 1. The fourth-order valence-electron chi connectivity index (χ4n) is 2.18. The van der Waals surface area contributed by atoms with Gasteiger partial charge in [-0.2, -0.15) is 0 Å². The molecule has 2 heteroatoms. The predicted octanol–water partition coefficient (Wildman–Crippen LogP) is 1.77. The first-order valence-corrected chi connectivity index (χ1v) is 5.18. The lowest BCUT2D eigenvalue weighted by Gasteiger charge is -2.15. The Morgan fingerprint density at radius 3 is 3.00 bits per heavy atom. The van der Waals surface area contributed by atoms with Crippen molar-refractivity contribution in [3.8, 4) is 0 Å². The van der Waals surface area contributed by atoms with Crippen LogP contribution in [0.5, 0.6) is 0 Å². The minimum atomic E-state index is 0.236. The van der Waals surface area contributed by atoms with Crippen LogP contribution in [-0.4, -0.2) is 25.3 Å². The number of hydrogen-bond donors (Lipinski definition) is 1. The lowest BCUT2D eigenvalue weighted by molar-refractivity contribution is 0.272. The van der Waals surface area contributed by atoms with Gasteiger partial charge in [-0.1, -0.05) is 19.1 Å². The van der Waals surface area contributed by atoms with E-state index in [-0.39, 0.29) is 12.5 Å². The smallest absolute Gasteiger partial charge is 0.0497 e. The van der Waals surface area contributed by atoms with Gasteiger partial charge in [0, 0.05) is 31.8 Å². The fraction of sp³-hybridized carbons (Fsp3) is 0.500. The summed E-state index contributed by atoms with van der Waals surface area (Å²) in [7, 11) is 2.12. The summed E-state index contributed by atoms with van der Waals surface area (Å²) in [6.07, 6.45) is 1.12. The number of nitrogens with zero attached hydrogens (tertiary/aromatic N) is 1. The number of hydrogen-bond acceptors (Lipinski definition) is 2. The molecule has 1 heterocycles. The zero-order chi connectivity index (χ0) is 10.1. The van der Waals surface area contributed by atoms with Crippen LogP contribution in [0.1, 0.15) is 24.0 Å². The van der Waals surface area contributed by atoms with Crippen molar-refractivity contribution in [2.75, 3.05) is 25.1 Å². The number of aliphatic hydroxyl groups is 1. The zero-order valence-electron chi connectivity index (χ0n) is 8.83. The Balaban J connectivity index is 2.43. The molecule has 1 atom stereocenters. The van der Waals surface area contributed by atoms with Crippen LogP contribution in [0.15, 0.2) is 18.2 Å². The standard InChI is InChI=1S/C12H17NO/c1-9(8-14)10-4-3-5-12-11(10)6-7-13(12)2/h3-5,9,14H,6-8H2,1-2H3. The van der Waals surface area contributed by atoms with E-state index in [1.54, 1.807) is 0 Å². The molecule has 0 fully saturated rings. The molecule has 0 radical (unpaired) electrons. The molecule has 0 saturated heterocycles. The number of benzene rings is 1. The SMILES string of the molecule is CC(CO)c1cccc2c1CCN2C. The predicted molar refractivity (Wildman–Crippen MR) is 58.9 cm³/mol. The highest BCUT2D eigenvalue weighted by molar-refractivity contribution is 5.60. The zero-order valence-corrected chi connectivity index (χ0v) is 8.83. The van der Waals surface area contributed by atoms with Crippen LogP contribution in [0.2, 0.25) is 0 Å². The molecule has 0 aromatic heterocycles. The summed E-state index contributed by atoms with van der Waals surface area (Å²) < 4.78 is 0. The first-order chi connectivity index (χ1) is 6.74. The highest BCUT2D eigenvalue weighted by Crippen LogP contribution is 2.32. The monoisotopic (exact) mass is 191 g/mol. The third-order valence-corrected chi connectivity index (χ3v) is 3.10. The van der Waals surface area contributed by atoms with Crippen molar-refractivity contribution < 1.29 is 5.11 Å². The summed E-state index contributed by atoms with van der Waals surface area (Å²) >= 11 is 0. The topological polar surface area (TPSA) is 23.5 Å². The third-order valence-electron chi connectivity index (χ3n) is 3.10. The van der Waals surface area contributed by atoms with Crippen LogP contribution in [0, 0.1) is 0 Å². The molecule has 1 aromatic rings. The largest absolute Gasteiger partial charge is 0.396 e. The van der Waals surface area contributed by atoms with E-state index in [1.165, 1.54) is 16.8 Å². The quantitative estimate of drug-likeness (QED) is 0.770. The Bertz CT molecular complexity index is 335. The maximum Gasteiger partial charge on any atom is 0.0497 e. The highest BCUT2D eigenvalue weighted by atomic mass is 16.3. The molecular weight excluding hydrogens is 174 g/mol. The van der Waals surface area contributed by atoms with Crippen LogP contribution in [0.3, 0.4) is 0 Å².